The number of anilines is 1. The van der Waals surface area contributed by atoms with Crippen molar-refractivity contribution >= 4 is 11.6 Å². The zero-order valence-electron chi connectivity index (χ0n) is 10.4. The first-order chi connectivity index (χ1) is 9.13. The number of benzene rings is 1. The Kier molecular flexibility index (Phi) is 4.68. The molecule has 0 spiro atoms. The quantitative estimate of drug-likeness (QED) is 0.892. The first kappa shape index (κ1) is 13.7. The lowest BCUT2D eigenvalue weighted by Gasteiger charge is -2.14. The van der Waals surface area contributed by atoms with E-state index in [1.165, 1.54) is 12.1 Å². The highest BCUT2D eigenvalue weighted by Crippen LogP contribution is 2.17. The molecule has 0 aliphatic carbocycles. The molecule has 4 nitrogen and oxygen atoms in total. The van der Waals surface area contributed by atoms with Crippen molar-refractivity contribution in [2.75, 3.05) is 25.0 Å². The maximum Gasteiger partial charge on any atom is 0.387 e. The first-order valence-electron chi connectivity index (χ1n) is 6.20. The van der Waals surface area contributed by atoms with Crippen LogP contribution in [0.25, 0.3) is 0 Å². The Morgan fingerprint density at radius 2 is 1.89 bits per heavy atom. The number of carbonyl (C=O) groups excluding carboxylic acids is 1. The summed E-state index contributed by atoms with van der Waals surface area (Å²) in [4.78, 5) is 13.8. The maximum absolute atomic E-state index is 12.0. The number of rotatable bonds is 5. The van der Waals surface area contributed by atoms with Gasteiger partial charge >= 0.3 is 6.61 Å². The molecular weight excluding hydrogens is 254 g/mol. The third-order valence-corrected chi connectivity index (χ3v) is 2.93. The van der Waals surface area contributed by atoms with Crippen molar-refractivity contribution in [1.29, 1.82) is 0 Å². The zero-order chi connectivity index (χ0) is 13.7. The van der Waals surface area contributed by atoms with E-state index in [4.69, 9.17) is 0 Å². The van der Waals surface area contributed by atoms with E-state index in [1.54, 1.807) is 12.1 Å². The van der Waals surface area contributed by atoms with Gasteiger partial charge in [0.05, 0.1) is 6.54 Å². The second-order valence-electron chi connectivity index (χ2n) is 4.43. The fourth-order valence-corrected chi connectivity index (χ4v) is 2.06. The average molecular weight is 270 g/mol. The summed E-state index contributed by atoms with van der Waals surface area (Å²) in [5.74, 6) is -0.0167. The summed E-state index contributed by atoms with van der Waals surface area (Å²) in [5.41, 5.74) is 0.575. The van der Waals surface area contributed by atoms with Crippen LogP contribution < -0.4 is 10.1 Å². The minimum Gasteiger partial charge on any atom is -0.435 e. The van der Waals surface area contributed by atoms with Gasteiger partial charge in [0.2, 0.25) is 5.91 Å². The molecule has 0 aromatic heterocycles. The van der Waals surface area contributed by atoms with E-state index in [2.05, 4.69) is 15.0 Å². The van der Waals surface area contributed by atoms with Gasteiger partial charge in [-0.3, -0.25) is 9.69 Å². The fraction of sp³-hybridized carbons (Fsp3) is 0.462. The highest BCUT2D eigenvalue weighted by molar-refractivity contribution is 5.92. The van der Waals surface area contributed by atoms with Crippen LogP contribution in [0.1, 0.15) is 12.8 Å². The summed E-state index contributed by atoms with van der Waals surface area (Å²) in [6, 6.07) is 5.88. The van der Waals surface area contributed by atoms with Crippen molar-refractivity contribution in [3.63, 3.8) is 0 Å². The van der Waals surface area contributed by atoms with Crippen molar-refractivity contribution in [1.82, 2.24) is 4.90 Å². The normalized spacial score (nSPS) is 15.7. The standard InChI is InChI=1S/C13H16F2N2O2/c14-13(15)19-11-5-3-10(4-6-11)16-12(18)9-17-7-1-2-8-17/h3-6,13H,1-2,7-9H2,(H,16,18). The molecule has 19 heavy (non-hydrogen) atoms. The highest BCUT2D eigenvalue weighted by atomic mass is 19.3. The fourth-order valence-electron chi connectivity index (χ4n) is 2.06. The van der Waals surface area contributed by atoms with Crippen LogP contribution in [0.15, 0.2) is 24.3 Å². The van der Waals surface area contributed by atoms with Crippen molar-refractivity contribution in [2.24, 2.45) is 0 Å². The van der Waals surface area contributed by atoms with E-state index < -0.39 is 6.61 Å². The average Bonchev–Trinajstić information content (AvgIpc) is 2.83. The number of amides is 1. The molecule has 0 bridgehead atoms. The molecule has 0 unspecified atom stereocenters. The summed E-state index contributed by atoms with van der Waals surface area (Å²) < 4.78 is 28.1. The van der Waals surface area contributed by atoms with Crippen LogP contribution in [0.2, 0.25) is 0 Å². The minimum absolute atomic E-state index is 0.0764. The Bertz CT molecular complexity index is 417. The smallest absolute Gasteiger partial charge is 0.387 e. The van der Waals surface area contributed by atoms with E-state index in [0.29, 0.717) is 12.2 Å². The Balaban J connectivity index is 1.82. The van der Waals surface area contributed by atoms with Gasteiger partial charge in [-0.2, -0.15) is 8.78 Å². The molecule has 1 N–H and O–H groups in total. The second kappa shape index (κ2) is 6.47. The predicted octanol–water partition coefficient (Wildman–Crippen LogP) is 2.32. The van der Waals surface area contributed by atoms with Gasteiger partial charge in [0.25, 0.3) is 0 Å². The summed E-state index contributed by atoms with van der Waals surface area (Å²) in [7, 11) is 0. The number of hydrogen-bond donors (Lipinski definition) is 1. The van der Waals surface area contributed by atoms with Gasteiger partial charge in [-0.1, -0.05) is 0 Å². The molecule has 0 radical (unpaired) electrons. The number of hydrogen-bond acceptors (Lipinski definition) is 3. The molecule has 1 aliphatic heterocycles. The van der Waals surface area contributed by atoms with Crippen LogP contribution in [-0.2, 0) is 4.79 Å². The number of alkyl halides is 2. The summed E-state index contributed by atoms with van der Waals surface area (Å²) in [5, 5.41) is 2.73. The molecule has 6 heteroatoms. The lowest BCUT2D eigenvalue weighted by Crippen LogP contribution is -2.30. The molecule has 1 saturated heterocycles. The molecule has 1 heterocycles. The Morgan fingerprint density at radius 1 is 1.26 bits per heavy atom. The third kappa shape index (κ3) is 4.48. The molecule has 0 atom stereocenters. The van der Waals surface area contributed by atoms with Crippen LogP contribution in [0.3, 0.4) is 0 Å². The molecule has 104 valence electrons. The molecule has 0 saturated carbocycles. The largest absolute Gasteiger partial charge is 0.435 e. The molecule has 2 rings (SSSR count). The van der Waals surface area contributed by atoms with E-state index in [-0.39, 0.29) is 11.7 Å². The van der Waals surface area contributed by atoms with Gasteiger partial charge < -0.3 is 10.1 Å². The minimum atomic E-state index is -2.84. The lowest BCUT2D eigenvalue weighted by atomic mass is 10.3. The van der Waals surface area contributed by atoms with Crippen molar-refractivity contribution in [3.8, 4) is 5.75 Å². The number of ether oxygens (including phenoxy) is 1. The second-order valence-corrected chi connectivity index (χ2v) is 4.43. The Hall–Kier alpha value is -1.69. The number of nitrogens with zero attached hydrogens (tertiary/aromatic N) is 1. The Morgan fingerprint density at radius 3 is 2.47 bits per heavy atom. The summed E-state index contributed by atoms with van der Waals surface area (Å²) in [6.45, 7) is -0.561. The first-order valence-corrected chi connectivity index (χ1v) is 6.20. The van der Waals surface area contributed by atoms with E-state index in [0.717, 1.165) is 25.9 Å². The van der Waals surface area contributed by atoms with Crippen LogP contribution in [0.5, 0.6) is 5.75 Å². The number of nitrogens with one attached hydrogen (secondary N) is 1. The van der Waals surface area contributed by atoms with E-state index in [1.807, 2.05) is 0 Å². The zero-order valence-corrected chi connectivity index (χ0v) is 10.4. The van der Waals surface area contributed by atoms with Gasteiger partial charge in [0.15, 0.2) is 0 Å². The molecule has 1 aliphatic rings. The highest BCUT2D eigenvalue weighted by Gasteiger charge is 2.15. The molecule has 1 amide bonds. The van der Waals surface area contributed by atoms with Gasteiger partial charge in [0.1, 0.15) is 5.75 Å². The van der Waals surface area contributed by atoms with Crippen LogP contribution in [-0.4, -0.2) is 37.1 Å². The third-order valence-electron chi connectivity index (χ3n) is 2.93. The van der Waals surface area contributed by atoms with E-state index >= 15 is 0 Å². The van der Waals surface area contributed by atoms with Gasteiger partial charge in [-0.05, 0) is 50.2 Å². The lowest BCUT2D eigenvalue weighted by molar-refractivity contribution is -0.117. The van der Waals surface area contributed by atoms with Crippen LogP contribution in [0, 0.1) is 0 Å². The monoisotopic (exact) mass is 270 g/mol. The molecule has 1 aromatic rings. The van der Waals surface area contributed by atoms with Gasteiger partial charge in [0, 0.05) is 5.69 Å². The SMILES string of the molecule is O=C(CN1CCCC1)Nc1ccc(OC(F)F)cc1. The maximum atomic E-state index is 12.0. The molecular formula is C13H16F2N2O2. The van der Waals surface area contributed by atoms with Crippen molar-refractivity contribution in [2.45, 2.75) is 19.5 Å². The van der Waals surface area contributed by atoms with Gasteiger partial charge in [-0.25, -0.2) is 0 Å². The summed E-state index contributed by atoms with van der Waals surface area (Å²) >= 11 is 0. The van der Waals surface area contributed by atoms with Gasteiger partial charge in [-0.15, -0.1) is 0 Å². The van der Waals surface area contributed by atoms with E-state index in [9.17, 15) is 13.6 Å². The molecule has 1 fully saturated rings. The van der Waals surface area contributed by atoms with Crippen LogP contribution >= 0.6 is 0 Å². The number of carbonyl (C=O) groups is 1. The number of likely N-dealkylation sites (tertiary alicyclic amines) is 1. The number of halogens is 2. The Labute approximate surface area is 110 Å². The van der Waals surface area contributed by atoms with Crippen LogP contribution in [0.4, 0.5) is 14.5 Å². The summed E-state index contributed by atoms with van der Waals surface area (Å²) in [6.07, 6.45) is 2.26. The molecule has 1 aromatic carbocycles. The van der Waals surface area contributed by atoms with Crippen molar-refractivity contribution < 1.29 is 18.3 Å². The topological polar surface area (TPSA) is 41.6 Å². The predicted molar refractivity (Wildman–Crippen MR) is 67.4 cm³/mol. The van der Waals surface area contributed by atoms with Crippen molar-refractivity contribution in [3.05, 3.63) is 24.3 Å².